The van der Waals surface area contributed by atoms with E-state index in [1.165, 1.54) is 0 Å². The van der Waals surface area contributed by atoms with Crippen LogP contribution in [0.15, 0.2) is 42.5 Å². The summed E-state index contributed by atoms with van der Waals surface area (Å²) < 4.78 is 11.6. The molecule has 1 amide bonds. The predicted octanol–water partition coefficient (Wildman–Crippen LogP) is 2.87. The Labute approximate surface area is 154 Å². The minimum Gasteiger partial charge on any atom is -0.465 e. The number of unbranched alkanes of at least 4 members (excludes halogenated alkanes) is 1. The van der Waals surface area contributed by atoms with Gasteiger partial charge in [-0.2, -0.15) is 0 Å². The van der Waals surface area contributed by atoms with Gasteiger partial charge in [0.05, 0.1) is 31.2 Å². The van der Waals surface area contributed by atoms with Crippen molar-refractivity contribution in [2.24, 2.45) is 11.8 Å². The van der Waals surface area contributed by atoms with Gasteiger partial charge in [-0.3, -0.25) is 9.59 Å². The molecule has 26 heavy (non-hydrogen) atoms. The number of hydrogen-bond donors (Lipinski definition) is 0. The van der Waals surface area contributed by atoms with Gasteiger partial charge in [-0.15, -0.1) is 0 Å². The number of nitrogens with zero attached hydrogens (tertiary/aromatic N) is 1. The molecule has 0 saturated carbocycles. The van der Waals surface area contributed by atoms with Crippen molar-refractivity contribution in [3.05, 3.63) is 48.0 Å². The molecule has 0 aromatic heterocycles. The maximum absolute atomic E-state index is 13.2. The number of hydrogen-bond acceptors (Lipinski definition) is 4. The molecule has 5 heteroatoms. The van der Waals surface area contributed by atoms with E-state index in [1.54, 1.807) is 0 Å². The van der Waals surface area contributed by atoms with Gasteiger partial charge in [0.2, 0.25) is 5.91 Å². The fourth-order valence-electron chi connectivity index (χ4n) is 4.45. The molecule has 0 N–H and O–H groups in total. The molecule has 0 radical (unpaired) electrons. The smallest absolute Gasteiger partial charge is 0.312 e. The first-order chi connectivity index (χ1) is 12.6. The first-order valence-corrected chi connectivity index (χ1v) is 9.46. The Kier molecular flexibility index (Phi) is 4.35. The Morgan fingerprint density at radius 3 is 2.88 bits per heavy atom. The number of carbonyl (C=O) groups is 2. The Balaban J connectivity index is 1.56. The normalized spacial score (nSPS) is 32.8. The van der Waals surface area contributed by atoms with Crippen LogP contribution in [0.4, 0.5) is 0 Å². The Morgan fingerprint density at radius 1 is 1.38 bits per heavy atom. The second kappa shape index (κ2) is 6.54. The minimum absolute atomic E-state index is 0.00866. The first-order valence-electron chi connectivity index (χ1n) is 9.46. The van der Waals surface area contributed by atoms with Gasteiger partial charge in [0.1, 0.15) is 11.5 Å². The highest BCUT2D eigenvalue weighted by atomic mass is 16.6. The van der Waals surface area contributed by atoms with Crippen LogP contribution in [0.2, 0.25) is 0 Å². The van der Waals surface area contributed by atoms with Crippen molar-refractivity contribution < 1.29 is 19.1 Å². The number of esters is 1. The van der Waals surface area contributed by atoms with Gasteiger partial charge in [0.15, 0.2) is 0 Å². The van der Waals surface area contributed by atoms with Crippen molar-refractivity contribution in [3.63, 3.8) is 0 Å². The zero-order valence-electron chi connectivity index (χ0n) is 15.3. The summed E-state index contributed by atoms with van der Waals surface area (Å²) in [6.07, 6.45) is 5.36. The van der Waals surface area contributed by atoms with Crippen LogP contribution in [0.5, 0.6) is 0 Å². The van der Waals surface area contributed by atoms with Crippen molar-refractivity contribution in [1.29, 1.82) is 0 Å². The van der Waals surface area contributed by atoms with Crippen molar-refractivity contribution in [1.82, 2.24) is 4.90 Å². The van der Waals surface area contributed by atoms with Gasteiger partial charge in [-0.1, -0.05) is 55.8 Å². The van der Waals surface area contributed by atoms with E-state index in [1.807, 2.05) is 54.3 Å². The highest BCUT2D eigenvalue weighted by Gasteiger charge is 2.67. The lowest BCUT2D eigenvalue weighted by Gasteiger charge is -2.27. The molecule has 2 saturated heterocycles. The van der Waals surface area contributed by atoms with Gasteiger partial charge >= 0.3 is 5.97 Å². The van der Waals surface area contributed by atoms with Crippen LogP contribution in [0, 0.1) is 11.8 Å². The van der Waals surface area contributed by atoms with E-state index in [2.05, 4.69) is 6.92 Å². The summed E-state index contributed by atoms with van der Waals surface area (Å²) in [4.78, 5) is 27.7. The van der Waals surface area contributed by atoms with Crippen LogP contribution in [-0.4, -0.2) is 41.6 Å². The number of rotatable bonds is 6. The molecule has 0 unspecified atom stereocenters. The number of ether oxygens (including phenoxy) is 2. The van der Waals surface area contributed by atoms with Gasteiger partial charge in [0, 0.05) is 0 Å². The van der Waals surface area contributed by atoms with E-state index >= 15 is 0 Å². The Bertz CT molecular complexity index is 731. The molecule has 5 atom stereocenters. The van der Waals surface area contributed by atoms with E-state index in [0.29, 0.717) is 13.2 Å². The number of likely N-dealkylation sites (tertiary alicyclic amines) is 1. The van der Waals surface area contributed by atoms with E-state index in [0.717, 1.165) is 18.4 Å². The number of amides is 1. The Morgan fingerprint density at radius 2 is 2.15 bits per heavy atom. The molecular formula is C21H25NO4. The number of fused-ring (bicyclic) bond motifs is 1. The van der Waals surface area contributed by atoms with Crippen molar-refractivity contribution in [2.75, 3.05) is 13.2 Å². The van der Waals surface area contributed by atoms with Gasteiger partial charge in [-0.25, -0.2) is 0 Å². The lowest BCUT2D eigenvalue weighted by molar-refractivity contribution is -0.154. The highest BCUT2D eigenvalue weighted by Crippen LogP contribution is 2.53. The van der Waals surface area contributed by atoms with Gasteiger partial charge in [-0.05, 0) is 18.9 Å². The fraction of sp³-hybridized carbons (Fsp3) is 0.524. The predicted molar refractivity (Wildman–Crippen MR) is 96.2 cm³/mol. The molecule has 3 heterocycles. The number of carbonyl (C=O) groups excluding carboxylic acids is 2. The van der Waals surface area contributed by atoms with Crippen LogP contribution < -0.4 is 0 Å². The molecular weight excluding hydrogens is 330 g/mol. The lowest BCUT2D eigenvalue weighted by Crippen LogP contribution is -2.40. The third-order valence-electron chi connectivity index (χ3n) is 5.89. The summed E-state index contributed by atoms with van der Waals surface area (Å²) in [5.74, 6) is -1.32. The quantitative estimate of drug-likeness (QED) is 0.447. The standard InChI is InChI=1S/C21H25NO4/c1-3-4-12-25-20(24)17-16-10-11-21(26-16)13-22(19(23)18(17)21)14(2)15-8-6-5-7-9-15/h5-11,14,16-18H,3-4,12-13H2,1-2H3/t14-,16-,17-,18+,21-/m1/s1. The summed E-state index contributed by atoms with van der Waals surface area (Å²) in [6.45, 7) is 4.96. The third kappa shape index (κ3) is 2.57. The fourth-order valence-corrected chi connectivity index (χ4v) is 4.45. The minimum atomic E-state index is -0.681. The van der Waals surface area contributed by atoms with Crippen LogP contribution in [0.25, 0.3) is 0 Å². The molecule has 0 aliphatic carbocycles. The van der Waals surface area contributed by atoms with Gasteiger partial charge < -0.3 is 14.4 Å². The molecule has 3 aliphatic heterocycles. The monoisotopic (exact) mass is 355 g/mol. The molecule has 5 nitrogen and oxygen atoms in total. The summed E-state index contributed by atoms with van der Waals surface area (Å²) >= 11 is 0. The summed E-state index contributed by atoms with van der Waals surface area (Å²) in [5.41, 5.74) is 0.400. The van der Waals surface area contributed by atoms with E-state index in [4.69, 9.17) is 9.47 Å². The summed E-state index contributed by atoms with van der Waals surface area (Å²) in [5, 5.41) is 0. The van der Waals surface area contributed by atoms with E-state index in [9.17, 15) is 9.59 Å². The van der Waals surface area contributed by atoms with Crippen LogP contribution >= 0.6 is 0 Å². The van der Waals surface area contributed by atoms with Crippen LogP contribution in [0.3, 0.4) is 0 Å². The average Bonchev–Trinajstić information content (AvgIpc) is 3.30. The highest BCUT2D eigenvalue weighted by molar-refractivity contribution is 5.91. The Hall–Kier alpha value is -2.14. The van der Waals surface area contributed by atoms with Crippen molar-refractivity contribution in [3.8, 4) is 0 Å². The van der Waals surface area contributed by atoms with Crippen molar-refractivity contribution >= 4 is 11.9 Å². The topological polar surface area (TPSA) is 55.8 Å². The van der Waals surface area contributed by atoms with E-state index in [-0.39, 0.29) is 24.0 Å². The zero-order valence-corrected chi connectivity index (χ0v) is 15.3. The zero-order chi connectivity index (χ0) is 18.3. The summed E-state index contributed by atoms with van der Waals surface area (Å²) in [6, 6.07) is 9.90. The molecule has 1 aromatic rings. The maximum atomic E-state index is 13.2. The molecule has 4 rings (SSSR count). The lowest BCUT2D eigenvalue weighted by atomic mass is 9.77. The maximum Gasteiger partial charge on any atom is 0.312 e. The summed E-state index contributed by atoms with van der Waals surface area (Å²) in [7, 11) is 0. The van der Waals surface area contributed by atoms with Crippen molar-refractivity contribution in [2.45, 2.75) is 44.4 Å². The SMILES string of the molecule is CCCCOC(=O)[C@H]1[C@H]2C(=O)N([C@H](C)c3ccccc3)C[C@]23C=C[C@H]1O3. The first kappa shape index (κ1) is 17.3. The molecule has 2 bridgehead atoms. The second-order valence-corrected chi connectivity index (χ2v) is 7.47. The van der Waals surface area contributed by atoms with Crippen LogP contribution in [0.1, 0.15) is 38.3 Å². The largest absolute Gasteiger partial charge is 0.465 e. The average molecular weight is 355 g/mol. The van der Waals surface area contributed by atoms with E-state index < -0.39 is 17.4 Å². The molecule has 138 valence electrons. The van der Waals surface area contributed by atoms with Gasteiger partial charge in [0.25, 0.3) is 0 Å². The third-order valence-corrected chi connectivity index (χ3v) is 5.89. The molecule has 3 aliphatic rings. The molecule has 1 spiro atoms. The number of benzene rings is 1. The molecule has 1 aromatic carbocycles. The molecule has 2 fully saturated rings. The second-order valence-electron chi connectivity index (χ2n) is 7.47. The van der Waals surface area contributed by atoms with Crippen LogP contribution in [-0.2, 0) is 19.1 Å².